The van der Waals surface area contributed by atoms with Crippen LogP contribution in [0.1, 0.15) is 13.3 Å². The van der Waals surface area contributed by atoms with Crippen LogP contribution in [0, 0.1) is 0 Å². The van der Waals surface area contributed by atoms with Gasteiger partial charge in [-0.2, -0.15) is 0 Å². The molecule has 0 bridgehead atoms. The molecule has 5 N–H and O–H groups in total. The van der Waals surface area contributed by atoms with Gasteiger partial charge in [0, 0.05) is 0 Å². The van der Waals surface area contributed by atoms with Gasteiger partial charge < -0.3 is 21.4 Å². The van der Waals surface area contributed by atoms with E-state index in [1.54, 1.807) is 6.92 Å². The molecular formula is C6H15N3O2. The molecule has 0 saturated carbocycles. The molecule has 0 aromatic rings. The molecule has 0 aromatic carbocycles. The monoisotopic (exact) mass is 161 g/mol. The van der Waals surface area contributed by atoms with E-state index in [-0.39, 0.29) is 11.9 Å². The van der Waals surface area contributed by atoms with E-state index in [1.807, 2.05) is 0 Å². The highest BCUT2D eigenvalue weighted by atomic mass is 16.4. The zero-order valence-electron chi connectivity index (χ0n) is 6.62. The fraction of sp³-hybridized carbons (Fsp3) is 0.833. The molecule has 1 unspecified atom stereocenters. The Morgan fingerprint density at radius 1 is 1.73 bits per heavy atom. The minimum atomic E-state index is -0.310. The zero-order chi connectivity index (χ0) is 8.69. The molecular weight excluding hydrogens is 146 g/mol. The molecule has 0 radical (unpaired) electrons. The lowest BCUT2D eigenvalue weighted by molar-refractivity contribution is 0.184. The molecule has 66 valence electrons. The molecule has 0 aromatic heterocycles. The Morgan fingerprint density at radius 3 is 2.82 bits per heavy atom. The summed E-state index contributed by atoms with van der Waals surface area (Å²) in [6.45, 7) is 2.72. The van der Waals surface area contributed by atoms with Gasteiger partial charge in [-0.25, -0.2) is 0 Å². The normalized spacial score (nSPS) is 14.9. The van der Waals surface area contributed by atoms with Gasteiger partial charge in [0.1, 0.15) is 0 Å². The average molecular weight is 161 g/mol. The SMILES string of the molecule is CC(O)CCNCC(N)=NO. The van der Waals surface area contributed by atoms with Gasteiger partial charge >= 0.3 is 0 Å². The highest BCUT2D eigenvalue weighted by Crippen LogP contribution is 1.84. The number of nitrogens with one attached hydrogen (secondary N) is 1. The summed E-state index contributed by atoms with van der Waals surface area (Å²) < 4.78 is 0. The van der Waals surface area contributed by atoms with Crippen LogP contribution >= 0.6 is 0 Å². The van der Waals surface area contributed by atoms with Gasteiger partial charge in [-0.05, 0) is 19.9 Å². The summed E-state index contributed by atoms with van der Waals surface area (Å²) in [5.41, 5.74) is 5.16. The van der Waals surface area contributed by atoms with Crippen molar-refractivity contribution >= 4 is 5.84 Å². The van der Waals surface area contributed by atoms with Crippen molar-refractivity contribution < 1.29 is 10.3 Å². The predicted molar refractivity (Wildman–Crippen MR) is 42.6 cm³/mol. The first-order valence-electron chi connectivity index (χ1n) is 3.52. The van der Waals surface area contributed by atoms with E-state index in [2.05, 4.69) is 10.5 Å². The summed E-state index contributed by atoms with van der Waals surface area (Å²) in [5, 5.41) is 22.6. The lowest BCUT2D eigenvalue weighted by atomic mass is 10.3. The molecule has 5 nitrogen and oxygen atoms in total. The molecule has 0 aliphatic carbocycles. The van der Waals surface area contributed by atoms with Gasteiger partial charge in [0.25, 0.3) is 0 Å². The van der Waals surface area contributed by atoms with Crippen molar-refractivity contribution in [3.8, 4) is 0 Å². The standard InChI is InChI=1S/C6H15N3O2/c1-5(10)2-3-8-4-6(7)9-11/h5,8,10-11H,2-4H2,1H3,(H2,7,9). The molecule has 1 atom stereocenters. The van der Waals surface area contributed by atoms with Gasteiger partial charge in [0.05, 0.1) is 12.6 Å². The molecule has 0 amide bonds. The molecule has 5 heteroatoms. The first kappa shape index (κ1) is 10.2. The number of aliphatic hydroxyl groups is 1. The van der Waals surface area contributed by atoms with Crippen molar-refractivity contribution in [2.45, 2.75) is 19.4 Å². The summed E-state index contributed by atoms with van der Waals surface area (Å²) in [4.78, 5) is 0. The first-order chi connectivity index (χ1) is 5.16. The van der Waals surface area contributed by atoms with E-state index >= 15 is 0 Å². The van der Waals surface area contributed by atoms with Crippen LogP contribution in [-0.2, 0) is 0 Å². The number of amidine groups is 1. The smallest absolute Gasteiger partial charge is 0.153 e. The molecule has 0 aliphatic rings. The number of aliphatic hydroxyl groups excluding tert-OH is 1. The highest BCUT2D eigenvalue weighted by molar-refractivity contribution is 5.81. The zero-order valence-corrected chi connectivity index (χ0v) is 6.62. The number of rotatable bonds is 5. The third-order valence-corrected chi connectivity index (χ3v) is 1.17. The Morgan fingerprint density at radius 2 is 2.36 bits per heavy atom. The maximum Gasteiger partial charge on any atom is 0.153 e. The molecule has 0 rings (SSSR count). The Labute approximate surface area is 65.9 Å². The van der Waals surface area contributed by atoms with Crippen LogP contribution in [0.4, 0.5) is 0 Å². The molecule has 0 aliphatic heterocycles. The first-order valence-corrected chi connectivity index (χ1v) is 3.52. The Bertz CT molecular complexity index is 125. The Balaban J connectivity index is 3.15. The molecule has 0 saturated heterocycles. The van der Waals surface area contributed by atoms with Crippen molar-refractivity contribution in [3.63, 3.8) is 0 Å². The number of nitrogens with zero attached hydrogens (tertiary/aromatic N) is 1. The lowest BCUT2D eigenvalue weighted by Crippen LogP contribution is -2.30. The second-order valence-corrected chi connectivity index (χ2v) is 2.41. The van der Waals surface area contributed by atoms with Gasteiger partial charge in [0.2, 0.25) is 0 Å². The number of hydrogen-bond acceptors (Lipinski definition) is 4. The molecule has 11 heavy (non-hydrogen) atoms. The van der Waals surface area contributed by atoms with Gasteiger partial charge in [-0.1, -0.05) is 5.16 Å². The van der Waals surface area contributed by atoms with E-state index in [4.69, 9.17) is 16.0 Å². The van der Waals surface area contributed by atoms with E-state index in [9.17, 15) is 0 Å². The predicted octanol–water partition coefficient (Wildman–Crippen LogP) is -0.907. The number of hydrogen-bond donors (Lipinski definition) is 4. The molecule has 0 fully saturated rings. The van der Waals surface area contributed by atoms with Crippen LogP contribution in [0.3, 0.4) is 0 Å². The van der Waals surface area contributed by atoms with Crippen LogP contribution in [0.15, 0.2) is 5.16 Å². The van der Waals surface area contributed by atoms with Crippen molar-refractivity contribution in [3.05, 3.63) is 0 Å². The topological polar surface area (TPSA) is 90.9 Å². The van der Waals surface area contributed by atoms with Gasteiger partial charge in [-0.15, -0.1) is 0 Å². The van der Waals surface area contributed by atoms with E-state index < -0.39 is 0 Å². The summed E-state index contributed by atoms with van der Waals surface area (Å²) in [6.07, 6.45) is 0.355. The molecule has 0 heterocycles. The fourth-order valence-corrected chi connectivity index (χ4v) is 0.563. The summed E-state index contributed by atoms with van der Waals surface area (Å²) in [6, 6.07) is 0. The van der Waals surface area contributed by atoms with Gasteiger partial charge in [0.15, 0.2) is 5.84 Å². The van der Waals surface area contributed by atoms with Crippen LogP contribution in [0.25, 0.3) is 0 Å². The minimum absolute atomic E-state index is 0.149. The van der Waals surface area contributed by atoms with Crippen molar-refractivity contribution in [1.29, 1.82) is 0 Å². The quantitative estimate of drug-likeness (QED) is 0.138. The number of oxime groups is 1. The van der Waals surface area contributed by atoms with Crippen molar-refractivity contribution in [2.75, 3.05) is 13.1 Å². The molecule has 0 spiro atoms. The average Bonchev–Trinajstić information content (AvgIpc) is 1.97. The second kappa shape index (κ2) is 5.94. The second-order valence-electron chi connectivity index (χ2n) is 2.41. The summed E-state index contributed by atoms with van der Waals surface area (Å²) in [5.74, 6) is 0.149. The van der Waals surface area contributed by atoms with E-state index in [0.717, 1.165) is 0 Å². The van der Waals surface area contributed by atoms with Crippen molar-refractivity contribution in [1.82, 2.24) is 5.32 Å². The third-order valence-electron chi connectivity index (χ3n) is 1.17. The van der Waals surface area contributed by atoms with E-state index in [1.165, 1.54) is 0 Å². The van der Waals surface area contributed by atoms with Crippen LogP contribution in [0.5, 0.6) is 0 Å². The van der Waals surface area contributed by atoms with E-state index in [0.29, 0.717) is 19.5 Å². The fourth-order valence-electron chi connectivity index (χ4n) is 0.563. The maximum absolute atomic E-state index is 8.82. The Hall–Kier alpha value is -0.810. The summed E-state index contributed by atoms with van der Waals surface area (Å²) >= 11 is 0. The maximum atomic E-state index is 8.82. The summed E-state index contributed by atoms with van der Waals surface area (Å²) in [7, 11) is 0. The van der Waals surface area contributed by atoms with Crippen molar-refractivity contribution in [2.24, 2.45) is 10.9 Å². The lowest BCUT2D eigenvalue weighted by Gasteiger charge is -2.04. The third kappa shape index (κ3) is 7.08. The van der Waals surface area contributed by atoms with Crippen LogP contribution in [0.2, 0.25) is 0 Å². The highest BCUT2D eigenvalue weighted by Gasteiger charge is 1.95. The van der Waals surface area contributed by atoms with Gasteiger partial charge in [-0.3, -0.25) is 0 Å². The van der Waals surface area contributed by atoms with Crippen LogP contribution in [-0.4, -0.2) is 35.3 Å². The minimum Gasteiger partial charge on any atom is -0.409 e. The van der Waals surface area contributed by atoms with Crippen LogP contribution < -0.4 is 11.1 Å². The largest absolute Gasteiger partial charge is 0.409 e. The number of nitrogens with two attached hydrogens (primary N) is 1. The Kier molecular flexibility index (Phi) is 5.50.